The van der Waals surface area contributed by atoms with Crippen molar-refractivity contribution < 1.29 is 19.3 Å². The molecule has 2 aliphatic heterocycles. The van der Waals surface area contributed by atoms with Gasteiger partial charge in [0, 0.05) is 55.7 Å². The van der Waals surface area contributed by atoms with Crippen molar-refractivity contribution in [2.45, 2.75) is 82.0 Å². The first-order chi connectivity index (χ1) is 25.5. The lowest BCUT2D eigenvalue weighted by molar-refractivity contribution is -0.605. The van der Waals surface area contributed by atoms with Crippen LogP contribution >= 0.6 is 11.8 Å². The number of nitrogens with zero attached hydrogens (tertiary/aromatic N) is 2. The molecular weight excluding hydrogens is 665 g/mol. The predicted molar refractivity (Wildman–Crippen MR) is 214 cm³/mol. The minimum absolute atomic E-state index is 0.258. The highest BCUT2D eigenvalue weighted by Crippen LogP contribution is 2.63. The number of hydrogen-bond donors (Lipinski definition) is 0. The molecule has 0 radical (unpaired) electrons. The summed E-state index contributed by atoms with van der Waals surface area (Å²) in [5, 5.41) is 4.99. The van der Waals surface area contributed by atoms with Gasteiger partial charge in [0.1, 0.15) is 0 Å². The van der Waals surface area contributed by atoms with Gasteiger partial charge in [-0.05, 0) is 64.6 Å². The van der Waals surface area contributed by atoms with Crippen molar-refractivity contribution >= 4 is 44.9 Å². The van der Waals surface area contributed by atoms with Gasteiger partial charge in [0.2, 0.25) is 10.8 Å². The van der Waals surface area contributed by atoms with E-state index in [0.717, 1.165) is 54.9 Å². The zero-order valence-corrected chi connectivity index (χ0v) is 31.5. The number of carbonyl (C=O) groups excluding carboxylic acids is 1. The Morgan fingerprint density at radius 2 is 1.40 bits per heavy atom. The third kappa shape index (κ3) is 7.47. The molecule has 6 nitrogen and oxygen atoms in total. The van der Waals surface area contributed by atoms with Crippen molar-refractivity contribution in [2.24, 2.45) is 0 Å². The molecule has 7 heteroatoms. The quantitative estimate of drug-likeness (QED) is 0.0542. The van der Waals surface area contributed by atoms with E-state index in [4.69, 9.17) is 14.5 Å². The van der Waals surface area contributed by atoms with Crippen LogP contribution in [0.5, 0.6) is 0 Å². The highest BCUT2D eigenvalue weighted by molar-refractivity contribution is 8.00. The largest absolute Gasteiger partial charge is 0.375 e. The summed E-state index contributed by atoms with van der Waals surface area (Å²) in [6.07, 6.45) is 9.63. The van der Waals surface area contributed by atoms with Crippen LogP contribution < -0.4 is 4.90 Å². The Labute approximate surface area is 313 Å². The summed E-state index contributed by atoms with van der Waals surface area (Å²) >= 11 is 1.73. The van der Waals surface area contributed by atoms with Gasteiger partial charge in [-0.25, -0.2) is 4.89 Å². The molecular formula is C45H52N2O4S. The topological polar surface area (TPSA) is 51.2 Å². The molecule has 5 aromatic carbocycles. The van der Waals surface area contributed by atoms with Crippen molar-refractivity contribution in [1.29, 1.82) is 0 Å². The number of fused-ring (bicyclic) bond motifs is 4. The normalized spacial score (nSPS) is 19.7. The molecule has 0 aliphatic carbocycles. The maximum absolute atomic E-state index is 13.9. The lowest BCUT2D eigenvalue weighted by Crippen LogP contribution is -2.64. The molecule has 2 fully saturated rings. The van der Waals surface area contributed by atoms with E-state index in [1.54, 1.807) is 11.8 Å². The van der Waals surface area contributed by atoms with E-state index < -0.39 is 10.7 Å². The van der Waals surface area contributed by atoms with Gasteiger partial charge in [0.25, 0.3) is 5.79 Å². The van der Waals surface area contributed by atoms with Crippen LogP contribution in [0.2, 0.25) is 0 Å². The molecule has 7 rings (SSSR count). The van der Waals surface area contributed by atoms with Crippen molar-refractivity contribution in [2.75, 3.05) is 37.4 Å². The molecule has 52 heavy (non-hydrogen) atoms. The predicted octanol–water partition coefficient (Wildman–Crippen LogP) is 10.7. The molecule has 2 unspecified atom stereocenters. The van der Waals surface area contributed by atoms with E-state index >= 15 is 0 Å². The molecule has 5 aromatic rings. The lowest BCUT2D eigenvalue weighted by atomic mass is 9.91. The van der Waals surface area contributed by atoms with E-state index in [2.05, 4.69) is 103 Å². The number of rotatable bonds is 17. The number of anilines is 1. The Bertz CT molecular complexity index is 1940. The molecule has 2 saturated heterocycles. The van der Waals surface area contributed by atoms with E-state index in [1.165, 1.54) is 59.2 Å². The van der Waals surface area contributed by atoms with Gasteiger partial charge >= 0.3 is 0 Å². The van der Waals surface area contributed by atoms with Crippen LogP contribution in [0.3, 0.4) is 0 Å². The minimum atomic E-state index is -0.957. The first-order valence-electron chi connectivity index (χ1n) is 19.2. The van der Waals surface area contributed by atoms with Gasteiger partial charge in [-0.15, -0.1) is 11.8 Å². The molecule has 0 N–H and O–H groups in total. The second-order valence-electron chi connectivity index (χ2n) is 14.3. The third-order valence-electron chi connectivity index (χ3n) is 10.7. The second kappa shape index (κ2) is 16.9. The van der Waals surface area contributed by atoms with Crippen LogP contribution in [0.15, 0.2) is 109 Å². The van der Waals surface area contributed by atoms with Crippen molar-refractivity contribution in [1.82, 2.24) is 4.90 Å². The lowest BCUT2D eigenvalue weighted by Gasteiger charge is -2.57. The summed E-state index contributed by atoms with van der Waals surface area (Å²) in [4.78, 5) is 29.2. The SMILES string of the molecule is CCCCCCCCN(Cc1cc2ccccc2c2ccccc12)C(=O)CCCCN(C)c1ccc(C23OOC2(c2ccccc2)OCCS3)cc1. The monoisotopic (exact) mass is 716 g/mol. The Hall–Kier alpha value is -3.88. The maximum atomic E-state index is 13.9. The molecule has 2 atom stereocenters. The molecule has 272 valence electrons. The van der Waals surface area contributed by atoms with Crippen LogP contribution in [0.1, 0.15) is 81.4 Å². The summed E-state index contributed by atoms with van der Waals surface area (Å²) in [5.74, 6) is 0.128. The van der Waals surface area contributed by atoms with E-state index in [9.17, 15) is 4.79 Å². The average molecular weight is 717 g/mol. The number of hydrogen-bond acceptors (Lipinski definition) is 6. The Morgan fingerprint density at radius 1 is 0.712 bits per heavy atom. The first kappa shape index (κ1) is 36.5. The minimum Gasteiger partial charge on any atom is -0.375 e. The number of thioether (sulfide) groups is 1. The standard InChI is InChI=1S/C45H52N2O4S/c1-3-4-5-6-7-16-30-47(34-36-33-35-18-11-12-21-40(35)42-23-14-13-22-41(36)42)43(48)24-15-17-29-46(2)39-27-25-38(26-28-39)45-44(50-51-45,49-31-32-52-45)37-19-9-8-10-20-37/h8-14,18-23,25-28,33H,3-7,15-17,24,29-32,34H2,1-2H3. The highest BCUT2D eigenvalue weighted by atomic mass is 32.2. The number of amides is 1. The molecule has 2 heterocycles. The van der Waals surface area contributed by atoms with Gasteiger partial charge in [0.15, 0.2) is 0 Å². The number of unbranched alkanes of at least 4 members (excludes halogenated alkanes) is 6. The van der Waals surface area contributed by atoms with Crippen LogP contribution in [0.25, 0.3) is 21.5 Å². The van der Waals surface area contributed by atoms with Gasteiger partial charge < -0.3 is 14.5 Å². The average Bonchev–Trinajstić information content (AvgIpc) is 3.18. The fraction of sp³-hybridized carbons (Fsp3) is 0.400. The van der Waals surface area contributed by atoms with Gasteiger partial charge in [0.05, 0.1) is 6.61 Å². The second-order valence-corrected chi connectivity index (χ2v) is 15.5. The van der Waals surface area contributed by atoms with Gasteiger partial charge in [-0.2, -0.15) is 4.89 Å². The highest BCUT2D eigenvalue weighted by Gasteiger charge is 2.70. The summed E-state index contributed by atoms with van der Waals surface area (Å²) < 4.78 is 6.29. The smallest absolute Gasteiger partial charge is 0.274 e. The molecule has 0 bridgehead atoms. The van der Waals surface area contributed by atoms with Crippen LogP contribution in [0, 0.1) is 0 Å². The van der Waals surface area contributed by atoms with Crippen LogP contribution in [-0.4, -0.2) is 43.3 Å². The Balaban J connectivity index is 0.973. The zero-order chi connectivity index (χ0) is 35.8. The van der Waals surface area contributed by atoms with Crippen molar-refractivity contribution in [3.63, 3.8) is 0 Å². The zero-order valence-electron chi connectivity index (χ0n) is 30.7. The van der Waals surface area contributed by atoms with Crippen molar-refractivity contribution in [3.05, 3.63) is 126 Å². The molecule has 2 aliphatic rings. The van der Waals surface area contributed by atoms with Gasteiger partial charge in [-0.3, -0.25) is 4.79 Å². The molecule has 0 saturated carbocycles. The van der Waals surface area contributed by atoms with Crippen molar-refractivity contribution in [3.8, 4) is 0 Å². The maximum Gasteiger partial charge on any atom is 0.274 e. The summed E-state index contributed by atoms with van der Waals surface area (Å²) in [6.45, 7) is 5.19. The summed E-state index contributed by atoms with van der Waals surface area (Å²) in [5.41, 5.74) is 4.35. The van der Waals surface area contributed by atoms with E-state index in [-0.39, 0.29) is 5.91 Å². The molecule has 0 spiro atoms. The molecule has 0 aromatic heterocycles. The number of benzene rings is 5. The Kier molecular flexibility index (Phi) is 11.8. The summed E-state index contributed by atoms with van der Waals surface area (Å²) in [6, 6.07) is 38.2. The fourth-order valence-corrected chi connectivity index (χ4v) is 9.03. The van der Waals surface area contributed by atoms with Crippen LogP contribution in [-0.2, 0) is 36.6 Å². The summed E-state index contributed by atoms with van der Waals surface area (Å²) in [7, 11) is 2.13. The fourth-order valence-electron chi connectivity index (χ4n) is 7.79. The first-order valence-corrected chi connectivity index (χ1v) is 20.2. The van der Waals surface area contributed by atoms with E-state index in [0.29, 0.717) is 19.6 Å². The van der Waals surface area contributed by atoms with E-state index in [1.807, 2.05) is 30.3 Å². The third-order valence-corrected chi connectivity index (χ3v) is 12.1. The Morgan fingerprint density at radius 3 is 2.17 bits per heavy atom. The van der Waals surface area contributed by atoms with Gasteiger partial charge in [-0.1, -0.05) is 130 Å². The number of carbonyl (C=O) groups is 1. The molecule has 1 amide bonds. The number of ether oxygens (including phenoxy) is 1. The van der Waals surface area contributed by atoms with Crippen LogP contribution in [0.4, 0.5) is 5.69 Å².